The van der Waals surface area contributed by atoms with Gasteiger partial charge in [-0.25, -0.2) is 0 Å². The van der Waals surface area contributed by atoms with E-state index >= 15 is 0 Å². The number of aromatic nitrogens is 2. The Hall–Kier alpha value is -10.7. The molecule has 0 atom stereocenters. The van der Waals surface area contributed by atoms with E-state index in [0.29, 0.717) is 64.2 Å². The number of pyridine rings is 2. The molecule has 0 saturated carbocycles. The number of nitrogens with zero attached hydrogens (tertiary/aromatic N) is 5. The van der Waals surface area contributed by atoms with Crippen LogP contribution in [-0.2, 0) is 95.9 Å². The van der Waals surface area contributed by atoms with E-state index in [4.69, 9.17) is 24.3 Å². The minimum Gasteiger partial charge on any atom is -0.399 e. The van der Waals surface area contributed by atoms with E-state index in [1.54, 1.807) is 0 Å². The first-order valence-corrected chi connectivity index (χ1v) is 39.0. The highest BCUT2D eigenvalue weighted by Gasteiger charge is 2.52. The van der Waals surface area contributed by atoms with Crippen LogP contribution in [0.3, 0.4) is 0 Å². The second kappa shape index (κ2) is 36.4. The molecule has 0 radical (unpaired) electrons. The molecule has 111 heavy (non-hydrogen) atoms. The fourth-order valence-corrected chi connectivity index (χ4v) is 15.0. The van der Waals surface area contributed by atoms with Crippen molar-refractivity contribution in [3.63, 3.8) is 0 Å². The van der Waals surface area contributed by atoms with Crippen LogP contribution in [0.2, 0.25) is 0 Å². The molecule has 16 heteroatoms. The fraction of sp³-hybridized carbons (Fsp3) is 0.232. The standard InChI is InChI=1S/C32H28N2O2.C31H32BNO4.C25H20BrNO2.C7H8BrN/c1-21-13-27(14-22(2)33-21)25-9-6-10-26(18-25)32-20-30(36)19-28-15-24(11-12-31(28)34-32)17-29(35)16-23-7-4-3-5-8-23;1-30(2)31(3,4)37-32(36-30)25-12-8-11-23(18-25)29-20-27(35)19-24-15-22(13-14-28(24)33-29)17-26(34)16-21-9-6-5-7-10-21;26-21-8-4-7-19(14-21)25-16-23(29)15-20-11-18(9-10-24(20)27-25)13-22(28)12-17-5-2-1-3-6-17;1-5-3-7(8)4-6(2)9-5/h3-15,18H,16-17,19-20H2,1-2H3;5-15,18H,16-17,19-20H2,1-4H3;1-11,14H,12-13,15-16H2;3-4H,1-2H3. The molecule has 2 aromatic heterocycles. The summed E-state index contributed by atoms with van der Waals surface area (Å²) in [5.41, 5.74) is 22.2. The first-order chi connectivity index (χ1) is 53.3. The molecule has 4 aliphatic rings. The van der Waals surface area contributed by atoms with Crippen molar-refractivity contribution >= 4 is 113 Å². The molecule has 11 aromatic rings. The van der Waals surface area contributed by atoms with Crippen LogP contribution < -0.4 is 5.46 Å². The monoisotopic (exact) mass is 1600 g/mol. The molecular weight excluding hydrogens is 1510 g/mol. The van der Waals surface area contributed by atoms with E-state index in [2.05, 4.69) is 66.1 Å². The highest BCUT2D eigenvalue weighted by molar-refractivity contribution is 9.10. The molecule has 0 aliphatic carbocycles. The zero-order valence-corrected chi connectivity index (χ0v) is 67.1. The Labute approximate surface area is 667 Å². The second-order valence-electron chi connectivity index (χ2n) is 29.9. The fourth-order valence-electron chi connectivity index (χ4n) is 14.0. The number of ketones is 6. The SMILES string of the molecule is CC1(C)OB(c2cccc(C3=Nc4ccc(CC(=O)Cc5ccccc5)cc4CC(=O)C3)c2)OC1(C)C.Cc1cc(-c2cccc(C3=Nc4ccc(CC(=O)Cc5ccccc5)cc4CC(=O)C3)c2)cc(C)n1.Cc1cc(Br)cc(C)n1.O=C(Cc1ccccc1)Cc1ccc2c(c1)CC(=O)CC(c1cccc(Br)c1)=N2. The van der Waals surface area contributed by atoms with Gasteiger partial charge in [0.25, 0.3) is 0 Å². The maximum Gasteiger partial charge on any atom is 0.494 e. The van der Waals surface area contributed by atoms with Crippen LogP contribution >= 0.6 is 31.9 Å². The van der Waals surface area contributed by atoms with Crippen LogP contribution in [0.25, 0.3) is 11.1 Å². The molecule has 6 heterocycles. The Kier molecular flexibility index (Phi) is 26.2. The summed E-state index contributed by atoms with van der Waals surface area (Å²) in [5.74, 6) is 0.829. The van der Waals surface area contributed by atoms with Gasteiger partial charge in [0.15, 0.2) is 0 Å². The van der Waals surface area contributed by atoms with Crippen molar-refractivity contribution in [2.75, 3.05) is 0 Å². The molecule has 1 saturated heterocycles. The summed E-state index contributed by atoms with van der Waals surface area (Å²) in [4.78, 5) is 99.3. The van der Waals surface area contributed by atoms with Gasteiger partial charge in [0.2, 0.25) is 0 Å². The molecule has 0 bridgehead atoms. The highest BCUT2D eigenvalue weighted by atomic mass is 79.9. The van der Waals surface area contributed by atoms with Crippen LogP contribution in [0.4, 0.5) is 17.1 Å². The molecule has 13 nitrogen and oxygen atoms in total. The smallest absolute Gasteiger partial charge is 0.399 e. The van der Waals surface area contributed by atoms with Gasteiger partial charge in [0.05, 0.1) is 45.4 Å². The number of carbonyl (C=O) groups excluding carboxylic acids is 6. The van der Waals surface area contributed by atoms with E-state index < -0.39 is 18.3 Å². The Morgan fingerprint density at radius 2 is 0.667 bits per heavy atom. The molecule has 0 unspecified atom stereocenters. The number of hydrogen-bond donors (Lipinski definition) is 0. The van der Waals surface area contributed by atoms with Gasteiger partial charge >= 0.3 is 7.12 Å². The van der Waals surface area contributed by atoms with Gasteiger partial charge in [-0.3, -0.25) is 53.7 Å². The van der Waals surface area contributed by atoms with Gasteiger partial charge in [-0.05, 0) is 199 Å². The average Bonchev–Trinajstić information content (AvgIpc) is 1.63. The molecular formula is C95H88BBr2N5O8. The minimum atomic E-state index is -0.477. The minimum absolute atomic E-state index is 0.103. The van der Waals surface area contributed by atoms with Crippen molar-refractivity contribution in [3.05, 3.63) is 341 Å². The number of aliphatic imine (C=N–C) groups is 3. The number of fused-ring (bicyclic) bond motifs is 3. The molecule has 0 spiro atoms. The van der Waals surface area contributed by atoms with Crippen LogP contribution in [-0.4, -0.2) is 80.1 Å². The summed E-state index contributed by atoms with van der Waals surface area (Å²) in [6.45, 7) is 16.1. The number of carbonyl (C=O) groups is 6. The van der Waals surface area contributed by atoms with Crippen molar-refractivity contribution in [2.45, 2.75) is 144 Å². The Morgan fingerprint density at radius 3 is 1.05 bits per heavy atom. The summed E-state index contributed by atoms with van der Waals surface area (Å²) < 4.78 is 14.5. The van der Waals surface area contributed by atoms with Crippen molar-refractivity contribution in [1.82, 2.24) is 9.97 Å². The average molecular weight is 1600 g/mol. The summed E-state index contributed by atoms with van der Waals surface area (Å²) in [7, 11) is -0.477. The Bertz CT molecular complexity index is 5340. The third-order valence-corrected chi connectivity index (χ3v) is 20.9. The summed E-state index contributed by atoms with van der Waals surface area (Å²) in [6.07, 6.45) is 4.10. The zero-order chi connectivity index (χ0) is 78.3. The van der Waals surface area contributed by atoms with Crippen LogP contribution in [0.1, 0.15) is 136 Å². The predicted octanol–water partition coefficient (Wildman–Crippen LogP) is 19.2. The van der Waals surface area contributed by atoms with E-state index in [9.17, 15) is 28.8 Å². The first-order valence-electron chi connectivity index (χ1n) is 37.5. The van der Waals surface area contributed by atoms with Crippen LogP contribution in [0, 0.1) is 27.7 Å². The Balaban J connectivity index is 0.000000147. The molecule has 1 fully saturated rings. The van der Waals surface area contributed by atoms with E-state index in [1.807, 2.05) is 274 Å². The van der Waals surface area contributed by atoms with Crippen LogP contribution in [0.5, 0.6) is 0 Å². The second-order valence-corrected chi connectivity index (χ2v) is 31.7. The maximum atomic E-state index is 12.9. The lowest BCUT2D eigenvalue weighted by Crippen LogP contribution is -2.41. The van der Waals surface area contributed by atoms with Gasteiger partial charge in [-0.1, -0.05) is 214 Å². The summed E-state index contributed by atoms with van der Waals surface area (Å²) >= 11 is 6.85. The molecule has 558 valence electrons. The number of Topliss-reactive ketones (excluding diaryl/α,β-unsaturated/α-hetero) is 6. The number of halogens is 2. The van der Waals surface area contributed by atoms with Gasteiger partial charge in [0, 0.05) is 109 Å². The van der Waals surface area contributed by atoms with Gasteiger partial charge < -0.3 is 9.31 Å². The third-order valence-electron chi connectivity index (χ3n) is 20.0. The van der Waals surface area contributed by atoms with Crippen molar-refractivity contribution in [1.29, 1.82) is 0 Å². The van der Waals surface area contributed by atoms with Gasteiger partial charge in [0.1, 0.15) is 34.7 Å². The lowest BCUT2D eigenvalue weighted by Gasteiger charge is -2.32. The van der Waals surface area contributed by atoms with E-state index in [-0.39, 0.29) is 47.5 Å². The third kappa shape index (κ3) is 22.3. The molecule has 15 rings (SSSR count). The highest BCUT2D eigenvalue weighted by Crippen LogP contribution is 2.38. The predicted molar refractivity (Wildman–Crippen MR) is 451 cm³/mol. The molecule has 4 aliphatic heterocycles. The number of rotatable bonds is 17. The molecule has 0 N–H and O–H groups in total. The van der Waals surface area contributed by atoms with Crippen molar-refractivity contribution < 1.29 is 38.1 Å². The summed E-state index contributed by atoms with van der Waals surface area (Å²) in [6, 6.07) is 78.9. The zero-order valence-electron chi connectivity index (χ0n) is 63.9. The molecule has 9 aromatic carbocycles. The lowest BCUT2D eigenvalue weighted by atomic mass is 9.78. The van der Waals surface area contributed by atoms with Crippen LogP contribution in [0.15, 0.2) is 267 Å². The molecule has 0 amide bonds. The summed E-state index contributed by atoms with van der Waals surface area (Å²) in [5, 5.41) is 0. The topological polar surface area (TPSA) is 184 Å². The van der Waals surface area contributed by atoms with Crippen molar-refractivity contribution in [2.24, 2.45) is 15.0 Å². The number of hydrogen-bond acceptors (Lipinski definition) is 13. The normalized spacial score (nSPS) is 14.6. The lowest BCUT2D eigenvalue weighted by molar-refractivity contribution is -0.118. The first kappa shape index (κ1) is 79.8. The largest absolute Gasteiger partial charge is 0.494 e. The quantitative estimate of drug-likeness (QED) is 0.0795. The number of benzene rings is 9. The van der Waals surface area contributed by atoms with Gasteiger partial charge in [-0.2, -0.15) is 0 Å². The van der Waals surface area contributed by atoms with Crippen molar-refractivity contribution in [3.8, 4) is 11.1 Å². The van der Waals surface area contributed by atoms with E-state index in [1.165, 1.54) is 0 Å². The van der Waals surface area contributed by atoms with Gasteiger partial charge in [-0.15, -0.1) is 0 Å². The maximum absolute atomic E-state index is 12.9. The van der Waals surface area contributed by atoms with E-state index in [0.717, 1.165) is 149 Å². The Morgan fingerprint density at radius 1 is 0.333 bits per heavy atom. The number of aryl methyl sites for hydroxylation is 4.